The van der Waals surface area contributed by atoms with E-state index in [0.29, 0.717) is 6.54 Å². The molecule has 6 heteroatoms. The summed E-state index contributed by atoms with van der Waals surface area (Å²) in [4.78, 5) is 0.788. The fraction of sp³-hybridized carbons (Fsp3) is 0.294. The van der Waals surface area contributed by atoms with E-state index >= 15 is 0 Å². The highest BCUT2D eigenvalue weighted by Gasteiger charge is 2.07. The molecule has 0 fully saturated rings. The standard InChI is InChI=1S/C17H19F2NO2S/c1-12(13-3-6-15(7-4-13)23(2)21)20-9-10-22-17-8-5-14(18)11-16(17)19/h3-8,11-12,20H,9-10H2,1-2H3/t12-,23+/m0/s1. The molecule has 23 heavy (non-hydrogen) atoms. The molecule has 0 saturated carbocycles. The van der Waals surface area contributed by atoms with Crippen molar-refractivity contribution in [1.82, 2.24) is 5.32 Å². The third kappa shape index (κ3) is 5.11. The van der Waals surface area contributed by atoms with Crippen LogP contribution >= 0.6 is 0 Å². The molecule has 0 spiro atoms. The summed E-state index contributed by atoms with van der Waals surface area (Å²) < 4.78 is 42.8. The smallest absolute Gasteiger partial charge is 0.167 e. The fourth-order valence-corrected chi connectivity index (χ4v) is 2.61. The molecule has 0 bridgehead atoms. The minimum atomic E-state index is -0.985. The number of hydrogen-bond donors (Lipinski definition) is 1. The van der Waals surface area contributed by atoms with E-state index in [0.717, 1.165) is 22.6 Å². The largest absolute Gasteiger partial charge is 0.489 e. The van der Waals surface area contributed by atoms with Crippen LogP contribution in [-0.4, -0.2) is 23.6 Å². The number of hydrogen-bond acceptors (Lipinski definition) is 3. The first-order valence-corrected chi connectivity index (χ1v) is 8.78. The van der Waals surface area contributed by atoms with E-state index in [9.17, 15) is 13.0 Å². The molecular weight excluding hydrogens is 320 g/mol. The van der Waals surface area contributed by atoms with Crippen molar-refractivity contribution in [3.05, 3.63) is 59.7 Å². The molecule has 0 heterocycles. The fourth-order valence-electron chi connectivity index (χ4n) is 2.09. The number of rotatable bonds is 7. The maximum absolute atomic E-state index is 13.4. The summed E-state index contributed by atoms with van der Waals surface area (Å²) >= 11 is 0. The molecule has 1 N–H and O–H groups in total. The quantitative estimate of drug-likeness (QED) is 0.786. The van der Waals surface area contributed by atoms with Gasteiger partial charge in [-0.05, 0) is 36.8 Å². The van der Waals surface area contributed by atoms with Crippen LogP contribution in [0.15, 0.2) is 47.4 Å². The zero-order valence-corrected chi connectivity index (χ0v) is 13.8. The average molecular weight is 339 g/mol. The van der Waals surface area contributed by atoms with E-state index in [1.54, 1.807) is 6.26 Å². The van der Waals surface area contributed by atoms with Crippen LogP contribution < -0.4 is 10.1 Å². The van der Waals surface area contributed by atoms with Crippen LogP contribution in [0.1, 0.15) is 18.5 Å². The number of benzene rings is 2. The van der Waals surface area contributed by atoms with Gasteiger partial charge in [0.15, 0.2) is 11.6 Å². The van der Waals surface area contributed by atoms with Gasteiger partial charge in [0.2, 0.25) is 0 Å². The highest BCUT2D eigenvalue weighted by atomic mass is 32.2. The topological polar surface area (TPSA) is 38.3 Å². The molecule has 0 unspecified atom stereocenters. The summed E-state index contributed by atoms with van der Waals surface area (Å²) in [5.74, 6) is -1.30. The molecule has 2 rings (SSSR count). The van der Waals surface area contributed by atoms with Crippen LogP contribution in [0.5, 0.6) is 5.75 Å². The van der Waals surface area contributed by atoms with Gasteiger partial charge in [0.1, 0.15) is 12.4 Å². The Bertz CT molecular complexity index is 677. The zero-order chi connectivity index (χ0) is 16.8. The third-order valence-electron chi connectivity index (χ3n) is 3.42. The summed E-state index contributed by atoms with van der Waals surface area (Å²) in [6.45, 7) is 2.78. The lowest BCUT2D eigenvalue weighted by atomic mass is 10.1. The van der Waals surface area contributed by atoms with Crippen LogP contribution in [0, 0.1) is 11.6 Å². The van der Waals surface area contributed by atoms with Crippen molar-refractivity contribution in [3.63, 3.8) is 0 Å². The first-order chi connectivity index (χ1) is 11.0. The van der Waals surface area contributed by atoms with E-state index in [2.05, 4.69) is 5.32 Å². The third-order valence-corrected chi connectivity index (χ3v) is 4.35. The summed E-state index contributed by atoms with van der Waals surface area (Å²) in [6.07, 6.45) is 1.64. The lowest BCUT2D eigenvalue weighted by Crippen LogP contribution is -2.24. The number of nitrogens with one attached hydrogen (secondary N) is 1. The van der Waals surface area contributed by atoms with Gasteiger partial charge in [-0.3, -0.25) is 4.21 Å². The lowest BCUT2D eigenvalue weighted by molar-refractivity contribution is 0.292. The average Bonchev–Trinajstić information content (AvgIpc) is 2.53. The van der Waals surface area contributed by atoms with Gasteiger partial charge in [0.25, 0.3) is 0 Å². The van der Waals surface area contributed by atoms with E-state index in [1.807, 2.05) is 31.2 Å². The molecule has 0 aromatic heterocycles. The summed E-state index contributed by atoms with van der Waals surface area (Å²) in [5, 5.41) is 3.25. The lowest BCUT2D eigenvalue weighted by Gasteiger charge is -2.15. The first-order valence-electron chi connectivity index (χ1n) is 7.22. The van der Waals surface area contributed by atoms with Crippen molar-refractivity contribution in [2.75, 3.05) is 19.4 Å². The molecule has 0 saturated heterocycles. The van der Waals surface area contributed by atoms with Crippen molar-refractivity contribution >= 4 is 10.8 Å². The summed E-state index contributed by atoms with van der Waals surface area (Å²) in [7, 11) is -0.985. The van der Waals surface area contributed by atoms with Crippen molar-refractivity contribution < 1.29 is 17.7 Å². The van der Waals surface area contributed by atoms with E-state index in [-0.39, 0.29) is 18.4 Å². The van der Waals surface area contributed by atoms with E-state index in [1.165, 1.54) is 6.07 Å². The second-order valence-corrected chi connectivity index (χ2v) is 6.50. The first kappa shape index (κ1) is 17.6. The van der Waals surface area contributed by atoms with Crippen LogP contribution in [0.3, 0.4) is 0 Å². The Labute approximate surface area is 137 Å². The molecule has 0 amide bonds. The molecule has 2 aromatic rings. The zero-order valence-electron chi connectivity index (χ0n) is 13.0. The van der Waals surface area contributed by atoms with Crippen molar-refractivity contribution in [3.8, 4) is 5.75 Å². The predicted octanol–water partition coefficient (Wildman–Crippen LogP) is 3.43. The maximum Gasteiger partial charge on any atom is 0.167 e. The second kappa shape index (κ2) is 8.17. The van der Waals surface area contributed by atoms with Gasteiger partial charge in [0.05, 0.1) is 0 Å². The summed E-state index contributed by atoms with van der Waals surface area (Å²) in [6, 6.07) is 10.8. The normalized spacial score (nSPS) is 13.6. The maximum atomic E-state index is 13.4. The van der Waals surface area contributed by atoms with Gasteiger partial charge in [-0.15, -0.1) is 0 Å². The van der Waals surface area contributed by atoms with Gasteiger partial charge >= 0.3 is 0 Å². The summed E-state index contributed by atoms with van der Waals surface area (Å²) in [5.41, 5.74) is 1.06. The number of halogens is 2. The van der Waals surface area contributed by atoms with Crippen molar-refractivity contribution in [1.29, 1.82) is 0 Å². The Hall–Kier alpha value is -1.79. The SMILES string of the molecule is C[C@H](NCCOc1ccc(F)cc1F)c1ccc([S@@](C)=O)cc1. The van der Waals surface area contributed by atoms with Gasteiger partial charge in [0, 0.05) is 40.6 Å². The Morgan fingerprint density at radius 2 is 1.87 bits per heavy atom. The predicted molar refractivity (Wildman–Crippen MR) is 87.0 cm³/mol. The Morgan fingerprint density at radius 3 is 2.48 bits per heavy atom. The molecule has 2 aromatic carbocycles. The Kier molecular flexibility index (Phi) is 6.24. The molecular formula is C17H19F2NO2S. The molecule has 2 atom stereocenters. The highest BCUT2D eigenvalue weighted by Crippen LogP contribution is 2.18. The minimum absolute atomic E-state index is 0.0376. The van der Waals surface area contributed by atoms with Gasteiger partial charge in [-0.2, -0.15) is 0 Å². The highest BCUT2D eigenvalue weighted by molar-refractivity contribution is 7.84. The molecule has 0 radical (unpaired) electrons. The molecule has 0 aliphatic heterocycles. The molecule has 3 nitrogen and oxygen atoms in total. The van der Waals surface area contributed by atoms with Gasteiger partial charge < -0.3 is 10.1 Å². The second-order valence-electron chi connectivity index (χ2n) is 5.12. The molecule has 124 valence electrons. The van der Waals surface area contributed by atoms with Gasteiger partial charge in [-0.25, -0.2) is 8.78 Å². The monoisotopic (exact) mass is 339 g/mol. The van der Waals surface area contributed by atoms with Crippen molar-refractivity contribution in [2.45, 2.75) is 17.9 Å². The van der Waals surface area contributed by atoms with E-state index < -0.39 is 22.4 Å². The minimum Gasteiger partial charge on any atom is -0.489 e. The van der Waals surface area contributed by atoms with E-state index in [4.69, 9.17) is 4.74 Å². The Morgan fingerprint density at radius 1 is 1.17 bits per heavy atom. The van der Waals surface area contributed by atoms with Crippen LogP contribution in [0.2, 0.25) is 0 Å². The van der Waals surface area contributed by atoms with Crippen LogP contribution in [0.4, 0.5) is 8.78 Å². The molecule has 0 aliphatic carbocycles. The van der Waals surface area contributed by atoms with Crippen molar-refractivity contribution in [2.24, 2.45) is 0 Å². The number of ether oxygens (including phenoxy) is 1. The van der Waals surface area contributed by atoms with Crippen LogP contribution in [0.25, 0.3) is 0 Å². The van der Waals surface area contributed by atoms with Crippen LogP contribution in [-0.2, 0) is 10.8 Å². The van der Waals surface area contributed by atoms with Gasteiger partial charge in [-0.1, -0.05) is 12.1 Å². The molecule has 0 aliphatic rings. The Balaban J connectivity index is 1.80.